The summed E-state index contributed by atoms with van der Waals surface area (Å²) in [6.45, 7) is 3.26. The third kappa shape index (κ3) is 2.26. The number of hydrogen-bond acceptors (Lipinski definition) is 2. The van der Waals surface area contributed by atoms with Gasteiger partial charge in [-0.3, -0.25) is 5.10 Å². The van der Waals surface area contributed by atoms with Gasteiger partial charge >= 0.3 is 0 Å². The van der Waals surface area contributed by atoms with Crippen molar-refractivity contribution in [2.75, 3.05) is 18.5 Å². The molecular weight excluding hydrogens is 138 g/mol. The molecule has 1 aromatic rings. The molecule has 61 valence electrons. The highest BCUT2D eigenvalue weighted by atomic mass is 15.2. The van der Waals surface area contributed by atoms with Crippen LogP contribution in [0.1, 0.15) is 19.8 Å². The molecule has 3 heteroatoms. The molecular formula is C8H14N3. The molecule has 0 spiro atoms. The van der Waals surface area contributed by atoms with Crippen LogP contribution in [0.15, 0.2) is 6.20 Å². The number of hydrogen-bond donors (Lipinski definition) is 1. The average molecular weight is 152 g/mol. The molecule has 0 atom stereocenters. The minimum atomic E-state index is 1.04. The van der Waals surface area contributed by atoms with Crippen molar-refractivity contribution >= 4 is 5.69 Å². The van der Waals surface area contributed by atoms with E-state index in [9.17, 15) is 0 Å². The SMILES string of the molecule is CCCCN(C)c1[c]n[nH]c1. The summed E-state index contributed by atoms with van der Waals surface area (Å²) in [5, 5.41) is 6.50. The third-order valence-electron chi connectivity index (χ3n) is 1.69. The normalized spacial score (nSPS) is 10.0. The van der Waals surface area contributed by atoms with Crippen molar-refractivity contribution in [2.24, 2.45) is 0 Å². The fraction of sp³-hybridized carbons (Fsp3) is 0.625. The Morgan fingerprint density at radius 1 is 1.73 bits per heavy atom. The first-order chi connectivity index (χ1) is 5.34. The van der Waals surface area contributed by atoms with Crippen LogP contribution in [0.4, 0.5) is 5.69 Å². The largest absolute Gasteiger partial charge is 0.372 e. The van der Waals surface area contributed by atoms with Gasteiger partial charge in [0.05, 0.1) is 5.69 Å². The highest BCUT2D eigenvalue weighted by molar-refractivity contribution is 5.39. The standard InChI is InChI=1S/C8H14N3/c1-3-4-5-11(2)8-6-9-10-7-8/h6H,3-5H2,1-2H3,(H,9,10). The fourth-order valence-electron chi connectivity index (χ4n) is 0.927. The topological polar surface area (TPSA) is 31.9 Å². The quantitative estimate of drug-likeness (QED) is 0.708. The van der Waals surface area contributed by atoms with Crippen LogP contribution in [0.3, 0.4) is 0 Å². The maximum absolute atomic E-state index is 3.76. The second-order valence-corrected chi connectivity index (χ2v) is 2.66. The Hall–Kier alpha value is -0.990. The van der Waals surface area contributed by atoms with Crippen molar-refractivity contribution in [1.29, 1.82) is 0 Å². The number of anilines is 1. The van der Waals surface area contributed by atoms with Crippen molar-refractivity contribution in [2.45, 2.75) is 19.8 Å². The van der Waals surface area contributed by atoms with Gasteiger partial charge in [0, 0.05) is 19.8 Å². The summed E-state index contributed by atoms with van der Waals surface area (Å²) in [6.07, 6.45) is 7.17. The maximum Gasteiger partial charge on any atom is 0.138 e. The van der Waals surface area contributed by atoms with Gasteiger partial charge in [-0.05, 0) is 6.42 Å². The second kappa shape index (κ2) is 4.01. The molecule has 0 saturated carbocycles. The number of H-pyrrole nitrogens is 1. The Labute approximate surface area is 67.4 Å². The molecule has 0 aliphatic rings. The smallest absolute Gasteiger partial charge is 0.138 e. The van der Waals surface area contributed by atoms with Gasteiger partial charge < -0.3 is 4.90 Å². The van der Waals surface area contributed by atoms with Crippen molar-refractivity contribution in [3.05, 3.63) is 12.4 Å². The number of aromatic amines is 1. The van der Waals surface area contributed by atoms with Crippen molar-refractivity contribution in [1.82, 2.24) is 10.2 Å². The van der Waals surface area contributed by atoms with Crippen molar-refractivity contribution in [3.8, 4) is 0 Å². The fourth-order valence-corrected chi connectivity index (χ4v) is 0.927. The molecule has 1 aromatic heterocycles. The summed E-state index contributed by atoms with van der Waals surface area (Å²) < 4.78 is 0. The number of nitrogens with zero attached hydrogens (tertiary/aromatic N) is 2. The van der Waals surface area contributed by atoms with Gasteiger partial charge in [-0.2, -0.15) is 5.10 Å². The van der Waals surface area contributed by atoms with E-state index in [1.54, 1.807) is 0 Å². The predicted molar refractivity (Wildman–Crippen MR) is 45.6 cm³/mol. The molecule has 0 aromatic carbocycles. The molecule has 0 aliphatic carbocycles. The van der Waals surface area contributed by atoms with E-state index in [1.807, 2.05) is 6.20 Å². The predicted octanol–water partition coefficient (Wildman–Crippen LogP) is 1.45. The minimum absolute atomic E-state index is 1.04. The van der Waals surface area contributed by atoms with E-state index < -0.39 is 0 Å². The summed E-state index contributed by atoms with van der Waals surface area (Å²) >= 11 is 0. The first-order valence-electron chi connectivity index (χ1n) is 3.97. The molecule has 0 aliphatic heterocycles. The van der Waals surface area contributed by atoms with E-state index in [1.165, 1.54) is 12.8 Å². The van der Waals surface area contributed by atoms with E-state index in [4.69, 9.17) is 0 Å². The van der Waals surface area contributed by atoms with Crippen LogP contribution >= 0.6 is 0 Å². The average Bonchev–Trinajstić information content (AvgIpc) is 2.52. The van der Waals surface area contributed by atoms with E-state index in [0.29, 0.717) is 0 Å². The van der Waals surface area contributed by atoms with Crippen LogP contribution < -0.4 is 4.90 Å². The first kappa shape index (κ1) is 8.11. The summed E-state index contributed by atoms with van der Waals surface area (Å²) in [6, 6.07) is 0. The van der Waals surface area contributed by atoms with E-state index in [2.05, 4.69) is 35.3 Å². The zero-order valence-electron chi connectivity index (χ0n) is 7.09. The summed E-state index contributed by atoms with van der Waals surface area (Å²) in [5.41, 5.74) is 1.04. The monoisotopic (exact) mass is 152 g/mol. The van der Waals surface area contributed by atoms with Crippen molar-refractivity contribution in [3.63, 3.8) is 0 Å². The zero-order chi connectivity index (χ0) is 8.10. The molecule has 1 radical (unpaired) electrons. The first-order valence-corrected chi connectivity index (χ1v) is 3.97. The summed E-state index contributed by atoms with van der Waals surface area (Å²) in [4.78, 5) is 2.15. The molecule has 11 heavy (non-hydrogen) atoms. The Bertz CT molecular complexity index is 181. The van der Waals surface area contributed by atoms with Gasteiger partial charge in [-0.25, -0.2) is 0 Å². The highest BCUT2D eigenvalue weighted by Crippen LogP contribution is 2.07. The Kier molecular flexibility index (Phi) is 2.95. The van der Waals surface area contributed by atoms with Gasteiger partial charge in [0.15, 0.2) is 0 Å². The summed E-state index contributed by atoms with van der Waals surface area (Å²) in [7, 11) is 2.05. The highest BCUT2D eigenvalue weighted by Gasteiger charge is 1.99. The van der Waals surface area contributed by atoms with Gasteiger partial charge in [0.25, 0.3) is 0 Å². The lowest BCUT2D eigenvalue weighted by atomic mass is 10.3. The minimum Gasteiger partial charge on any atom is -0.372 e. The molecule has 1 heterocycles. The van der Waals surface area contributed by atoms with Crippen LogP contribution in [-0.4, -0.2) is 23.8 Å². The van der Waals surface area contributed by atoms with Crippen LogP contribution in [0.25, 0.3) is 0 Å². The van der Waals surface area contributed by atoms with E-state index in [0.717, 1.165) is 12.2 Å². The number of nitrogens with one attached hydrogen (secondary N) is 1. The van der Waals surface area contributed by atoms with E-state index >= 15 is 0 Å². The van der Waals surface area contributed by atoms with Gasteiger partial charge in [0.1, 0.15) is 6.20 Å². The number of unbranched alkanes of at least 4 members (excludes halogenated alkanes) is 1. The molecule has 0 unspecified atom stereocenters. The summed E-state index contributed by atoms with van der Waals surface area (Å²) in [5.74, 6) is 0. The van der Waals surface area contributed by atoms with Crippen LogP contribution in [0.5, 0.6) is 0 Å². The Morgan fingerprint density at radius 2 is 2.55 bits per heavy atom. The van der Waals surface area contributed by atoms with Gasteiger partial charge in [-0.1, -0.05) is 13.3 Å². The Morgan fingerprint density at radius 3 is 3.09 bits per heavy atom. The van der Waals surface area contributed by atoms with Crippen LogP contribution in [-0.2, 0) is 0 Å². The second-order valence-electron chi connectivity index (χ2n) is 2.66. The molecule has 3 nitrogen and oxygen atoms in total. The molecule has 1 rings (SSSR count). The molecule has 0 saturated heterocycles. The third-order valence-corrected chi connectivity index (χ3v) is 1.69. The molecule has 0 fully saturated rings. The maximum atomic E-state index is 3.76. The Balaban J connectivity index is 2.36. The van der Waals surface area contributed by atoms with Gasteiger partial charge in [-0.15, -0.1) is 0 Å². The van der Waals surface area contributed by atoms with Gasteiger partial charge in [0.2, 0.25) is 0 Å². The van der Waals surface area contributed by atoms with Crippen LogP contribution in [0.2, 0.25) is 0 Å². The lowest BCUT2D eigenvalue weighted by molar-refractivity contribution is 0.766. The number of aromatic nitrogens is 2. The van der Waals surface area contributed by atoms with E-state index in [-0.39, 0.29) is 0 Å². The molecule has 0 amide bonds. The van der Waals surface area contributed by atoms with Crippen LogP contribution in [0, 0.1) is 6.20 Å². The lowest BCUT2D eigenvalue weighted by Crippen LogP contribution is -2.17. The molecule has 1 N–H and O–H groups in total. The number of rotatable bonds is 4. The van der Waals surface area contributed by atoms with Crippen molar-refractivity contribution < 1.29 is 0 Å². The lowest BCUT2D eigenvalue weighted by Gasteiger charge is -2.15. The molecule has 0 bridgehead atoms. The zero-order valence-corrected chi connectivity index (χ0v) is 7.09.